The summed E-state index contributed by atoms with van der Waals surface area (Å²) >= 11 is 0. The molecule has 54 heavy (non-hydrogen) atoms. The zero-order valence-electron chi connectivity index (χ0n) is 29.1. The van der Waals surface area contributed by atoms with E-state index in [0.29, 0.717) is 11.1 Å². The first kappa shape index (κ1) is 31.1. The Balaban J connectivity index is 1.33. The lowest BCUT2D eigenvalue weighted by Gasteiger charge is -2.19. The Hall–Kier alpha value is -7.66. The molecule has 0 radical (unpaired) electrons. The number of hydrogen-bond acceptors (Lipinski definition) is 2. The van der Waals surface area contributed by atoms with Crippen LogP contribution in [0, 0.1) is 22.7 Å². The summed E-state index contributed by atoms with van der Waals surface area (Å²) in [4.78, 5) is 0. The van der Waals surface area contributed by atoms with Crippen LogP contribution in [0.2, 0.25) is 0 Å². The molecule has 2 heterocycles. The number of para-hydroxylation sites is 2. The number of rotatable bonds is 5. The summed E-state index contributed by atoms with van der Waals surface area (Å²) in [5.74, 6) is 0. The van der Waals surface area contributed by atoms with Gasteiger partial charge in [-0.1, -0.05) is 121 Å². The van der Waals surface area contributed by atoms with E-state index < -0.39 is 0 Å². The molecule has 0 fully saturated rings. The molecular weight excluding hydrogens is 657 g/mol. The minimum absolute atomic E-state index is 0.530. The average molecular weight is 687 g/mol. The van der Waals surface area contributed by atoms with E-state index in [4.69, 9.17) is 0 Å². The zero-order valence-corrected chi connectivity index (χ0v) is 29.1. The number of aromatic nitrogens is 2. The normalized spacial score (nSPS) is 11.3. The van der Waals surface area contributed by atoms with Crippen LogP contribution in [0.4, 0.5) is 0 Å². The smallest absolute Gasteiger partial charge is 0.0998 e. The summed E-state index contributed by atoms with van der Waals surface area (Å²) in [5, 5.41) is 25.2. The first-order valence-electron chi connectivity index (χ1n) is 18.0. The summed E-state index contributed by atoms with van der Waals surface area (Å²) in [6, 6.07) is 67.9. The van der Waals surface area contributed by atoms with Crippen molar-refractivity contribution in [2.75, 3.05) is 0 Å². The molecule has 0 saturated carbocycles. The Bertz CT molecular complexity index is 3170. The average Bonchev–Trinajstić information content (AvgIpc) is 3.76. The van der Waals surface area contributed by atoms with E-state index in [0.717, 1.165) is 88.4 Å². The van der Waals surface area contributed by atoms with Gasteiger partial charge in [0.2, 0.25) is 0 Å². The molecule has 0 aliphatic heterocycles. The summed E-state index contributed by atoms with van der Waals surface area (Å²) < 4.78 is 4.65. The molecular formula is C50H30N4. The molecule has 0 amide bonds. The van der Waals surface area contributed by atoms with Crippen LogP contribution >= 0.6 is 0 Å². The Kier molecular flexibility index (Phi) is 7.22. The highest BCUT2D eigenvalue weighted by atomic mass is 15.1. The van der Waals surface area contributed by atoms with E-state index >= 15 is 0 Å². The third-order valence-corrected chi connectivity index (χ3v) is 10.6. The molecule has 10 rings (SSSR count). The van der Waals surface area contributed by atoms with Crippen molar-refractivity contribution < 1.29 is 0 Å². The number of nitriles is 2. The predicted octanol–water partition coefficient (Wildman–Crippen LogP) is 12.6. The fourth-order valence-electron chi connectivity index (χ4n) is 8.11. The molecule has 4 nitrogen and oxygen atoms in total. The molecule has 0 saturated heterocycles. The molecule has 0 spiro atoms. The van der Waals surface area contributed by atoms with Crippen LogP contribution in [0.3, 0.4) is 0 Å². The zero-order chi connectivity index (χ0) is 36.2. The van der Waals surface area contributed by atoms with Crippen LogP contribution in [0.1, 0.15) is 11.1 Å². The van der Waals surface area contributed by atoms with Crippen LogP contribution in [-0.2, 0) is 0 Å². The third kappa shape index (κ3) is 4.90. The van der Waals surface area contributed by atoms with Gasteiger partial charge in [0.25, 0.3) is 0 Å². The predicted molar refractivity (Wildman–Crippen MR) is 221 cm³/mol. The van der Waals surface area contributed by atoms with Crippen molar-refractivity contribution in [1.29, 1.82) is 10.5 Å². The Morgan fingerprint density at radius 3 is 1.35 bits per heavy atom. The lowest BCUT2D eigenvalue weighted by Crippen LogP contribution is -2.05. The van der Waals surface area contributed by atoms with E-state index in [1.807, 2.05) is 36.4 Å². The summed E-state index contributed by atoms with van der Waals surface area (Å²) in [6.07, 6.45) is 0. The highest BCUT2D eigenvalue weighted by Gasteiger charge is 2.23. The fourth-order valence-corrected chi connectivity index (χ4v) is 8.11. The molecule has 0 bridgehead atoms. The van der Waals surface area contributed by atoms with Crippen LogP contribution < -0.4 is 0 Å². The van der Waals surface area contributed by atoms with E-state index in [-0.39, 0.29) is 0 Å². The van der Waals surface area contributed by atoms with Crippen molar-refractivity contribution in [3.8, 4) is 56.9 Å². The molecule has 0 aliphatic carbocycles. The molecule has 10 aromatic rings. The van der Waals surface area contributed by atoms with Gasteiger partial charge in [-0.15, -0.1) is 0 Å². The largest absolute Gasteiger partial charge is 0.307 e. The van der Waals surface area contributed by atoms with E-state index in [2.05, 4.69) is 161 Å². The van der Waals surface area contributed by atoms with Gasteiger partial charge in [0.15, 0.2) is 0 Å². The van der Waals surface area contributed by atoms with Crippen molar-refractivity contribution in [2.24, 2.45) is 0 Å². The van der Waals surface area contributed by atoms with Crippen molar-refractivity contribution in [1.82, 2.24) is 9.13 Å². The number of nitrogens with zero attached hydrogens (tertiary/aromatic N) is 4. The SMILES string of the molecule is N#Cc1cccc(-c2cc(-n3c4ccccc4c4cc(-c5ccccc5)ccc43)c(-n3c4ccccc4c4cc(-c5ccccc5)ccc43)cc2C#N)c1. The Labute approximate surface area is 312 Å². The van der Waals surface area contributed by atoms with Crippen LogP contribution in [0.15, 0.2) is 182 Å². The topological polar surface area (TPSA) is 57.4 Å². The molecule has 0 unspecified atom stereocenters. The molecule has 250 valence electrons. The lowest BCUT2D eigenvalue weighted by atomic mass is 9.96. The lowest BCUT2D eigenvalue weighted by molar-refractivity contribution is 1.09. The fraction of sp³-hybridized carbons (Fsp3) is 0. The van der Waals surface area contributed by atoms with Gasteiger partial charge in [0.05, 0.1) is 56.7 Å². The second-order valence-electron chi connectivity index (χ2n) is 13.6. The minimum atomic E-state index is 0.530. The highest BCUT2D eigenvalue weighted by Crippen LogP contribution is 2.42. The minimum Gasteiger partial charge on any atom is -0.307 e. The van der Waals surface area contributed by atoms with E-state index in [1.165, 1.54) is 0 Å². The highest BCUT2D eigenvalue weighted by molar-refractivity contribution is 6.13. The molecule has 0 atom stereocenters. The van der Waals surface area contributed by atoms with Crippen LogP contribution in [0.5, 0.6) is 0 Å². The van der Waals surface area contributed by atoms with Crippen molar-refractivity contribution >= 4 is 43.6 Å². The van der Waals surface area contributed by atoms with Gasteiger partial charge in [0, 0.05) is 27.1 Å². The second kappa shape index (κ2) is 12.5. The number of hydrogen-bond donors (Lipinski definition) is 0. The summed E-state index contributed by atoms with van der Waals surface area (Å²) in [7, 11) is 0. The van der Waals surface area contributed by atoms with E-state index in [9.17, 15) is 10.5 Å². The van der Waals surface area contributed by atoms with Crippen LogP contribution in [-0.4, -0.2) is 9.13 Å². The monoisotopic (exact) mass is 686 g/mol. The van der Waals surface area contributed by atoms with Crippen LogP contribution in [0.25, 0.3) is 88.4 Å². The Morgan fingerprint density at radius 1 is 0.333 bits per heavy atom. The van der Waals surface area contributed by atoms with E-state index in [1.54, 1.807) is 6.07 Å². The molecule has 0 N–H and O–H groups in total. The van der Waals surface area contributed by atoms with Crippen molar-refractivity contribution in [3.63, 3.8) is 0 Å². The number of fused-ring (bicyclic) bond motifs is 6. The first-order valence-corrected chi connectivity index (χ1v) is 18.0. The summed E-state index contributed by atoms with van der Waals surface area (Å²) in [5.41, 5.74) is 13.3. The standard InChI is InChI=1S/C50H30N4/c51-31-33-12-11-17-38(26-33)42-30-50(54-46-21-10-8-19-41(46)44-28-37(23-25-48(44)54)35-15-5-2-6-16-35)49(29-39(42)32-52)53-45-20-9-7-18-40(45)43-27-36(22-24-47(43)53)34-13-3-1-4-14-34/h1-30H. The van der Waals surface area contributed by atoms with Gasteiger partial charge in [-0.3, -0.25) is 0 Å². The molecule has 2 aromatic heterocycles. The van der Waals surface area contributed by atoms with Crippen molar-refractivity contribution in [3.05, 3.63) is 193 Å². The second-order valence-corrected chi connectivity index (χ2v) is 13.6. The van der Waals surface area contributed by atoms with Gasteiger partial charge in [-0.2, -0.15) is 10.5 Å². The summed E-state index contributed by atoms with van der Waals surface area (Å²) in [6.45, 7) is 0. The van der Waals surface area contributed by atoms with Gasteiger partial charge < -0.3 is 9.13 Å². The van der Waals surface area contributed by atoms with Gasteiger partial charge in [-0.05, 0) is 88.5 Å². The van der Waals surface area contributed by atoms with Crippen molar-refractivity contribution in [2.45, 2.75) is 0 Å². The van der Waals surface area contributed by atoms with Gasteiger partial charge in [-0.25, -0.2) is 0 Å². The van der Waals surface area contributed by atoms with Gasteiger partial charge >= 0.3 is 0 Å². The molecule has 0 aliphatic rings. The first-order chi connectivity index (χ1) is 26.7. The quantitative estimate of drug-likeness (QED) is 0.181. The molecule has 8 aromatic carbocycles. The maximum absolute atomic E-state index is 10.8. The Morgan fingerprint density at radius 2 is 0.815 bits per heavy atom. The maximum Gasteiger partial charge on any atom is 0.0998 e. The van der Waals surface area contributed by atoms with Gasteiger partial charge in [0.1, 0.15) is 0 Å². The number of benzene rings is 8. The molecule has 4 heteroatoms. The third-order valence-electron chi connectivity index (χ3n) is 10.6. The maximum atomic E-state index is 10.8.